The highest BCUT2D eigenvalue weighted by atomic mass is 19.1. The van der Waals surface area contributed by atoms with Gasteiger partial charge in [-0.25, -0.2) is 14.4 Å². The van der Waals surface area contributed by atoms with Crippen LogP contribution >= 0.6 is 0 Å². The molecular weight excluding hydrogens is 431 g/mol. The van der Waals surface area contributed by atoms with Gasteiger partial charge in [-0.3, -0.25) is 4.79 Å². The Balaban J connectivity index is 1.62. The van der Waals surface area contributed by atoms with Crippen LogP contribution in [0, 0.1) is 18.2 Å². The Labute approximate surface area is 197 Å². The van der Waals surface area contributed by atoms with E-state index >= 15 is 0 Å². The number of amides is 1. The molecule has 0 bridgehead atoms. The fourth-order valence-electron chi connectivity index (χ4n) is 3.68. The molecule has 4 aromatic rings. The van der Waals surface area contributed by atoms with Crippen LogP contribution in [0.3, 0.4) is 0 Å². The van der Waals surface area contributed by atoms with E-state index in [9.17, 15) is 9.18 Å². The highest BCUT2D eigenvalue weighted by Crippen LogP contribution is 2.30. The Morgan fingerprint density at radius 3 is 2.74 bits per heavy atom. The van der Waals surface area contributed by atoms with Crippen LogP contribution in [-0.2, 0) is 17.8 Å². The molecule has 0 aliphatic carbocycles. The number of carbonyl (C=O) groups is 1. The molecule has 170 valence electrons. The van der Waals surface area contributed by atoms with E-state index in [2.05, 4.69) is 21.2 Å². The first-order valence-corrected chi connectivity index (χ1v) is 10.6. The van der Waals surface area contributed by atoms with Gasteiger partial charge in [0.25, 0.3) is 0 Å². The molecule has 0 saturated carbocycles. The Bertz CT molecular complexity index is 1400. The van der Waals surface area contributed by atoms with E-state index in [1.165, 1.54) is 18.5 Å². The van der Waals surface area contributed by atoms with Crippen molar-refractivity contribution in [2.24, 2.45) is 0 Å². The first-order chi connectivity index (χ1) is 16.5. The molecule has 7 heteroatoms. The average molecular weight is 455 g/mol. The van der Waals surface area contributed by atoms with Gasteiger partial charge in [0, 0.05) is 41.9 Å². The molecule has 0 atom stereocenters. The Morgan fingerprint density at radius 2 is 1.97 bits per heavy atom. The Kier molecular flexibility index (Phi) is 6.69. The van der Waals surface area contributed by atoms with Gasteiger partial charge in [0.05, 0.1) is 19.0 Å². The molecule has 6 nitrogen and oxygen atoms in total. The fraction of sp³-hybridized carbons (Fsp3) is 0.148. The molecule has 0 aliphatic heterocycles. The van der Waals surface area contributed by atoms with E-state index in [1.807, 2.05) is 30.3 Å². The summed E-state index contributed by atoms with van der Waals surface area (Å²) < 4.78 is 19.0. The van der Waals surface area contributed by atoms with Gasteiger partial charge in [0.15, 0.2) is 0 Å². The maximum absolute atomic E-state index is 13.5. The second kappa shape index (κ2) is 10.0. The van der Waals surface area contributed by atoms with Crippen molar-refractivity contribution in [3.05, 3.63) is 89.5 Å². The average Bonchev–Trinajstić information content (AvgIpc) is 2.84. The van der Waals surface area contributed by atoms with Crippen LogP contribution in [0.5, 0.6) is 5.75 Å². The highest BCUT2D eigenvalue weighted by Gasteiger charge is 2.16. The highest BCUT2D eigenvalue weighted by molar-refractivity contribution is 5.93. The lowest BCUT2D eigenvalue weighted by Gasteiger charge is -2.19. The molecule has 0 fully saturated rings. The maximum Gasteiger partial charge on any atom is 0.227 e. The minimum absolute atomic E-state index is 0.103. The number of fused-ring (bicyclic) bond motifs is 1. The molecule has 0 spiro atoms. The number of hydrogen-bond acceptors (Lipinski definition) is 5. The van der Waals surface area contributed by atoms with Crippen LogP contribution in [-0.4, -0.2) is 34.9 Å². The maximum atomic E-state index is 13.5. The second-order valence-corrected chi connectivity index (χ2v) is 7.81. The number of carbonyl (C=O) groups excluding carboxylic acids is 1. The standard InChI is InChI=1S/C27H23FN4O2/c1-4-18-7-6-10-22(12-18)31-27-23-13-20(25(34-3)15-24(23)29-17-30-27)14-26(33)32(2)16-19-8-5-9-21(28)11-19/h1,5-13,15,17H,14,16H2,2-3H3,(H,29,30,31). The predicted molar refractivity (Wildman–Crippen MR) is 130 cm³/mol. The second-order valence-electron chi connectivity index (χ2n) is 7.81. The summed E-state index contributed by atoms with van der Waals surface area (Å²) in [5.41, 5.74) is 3.62. The molecule has 1 aromatic heterocycles. The molecule has 3 aromatic carbocycles. The van der Waals surface area contributed by atoms with E-state index in [0.717, 1.165) is 22.2 Å². The van der Waals surface area contributed by atoms with Crippen molar-refractivity contribution < 1.29 is 13.9 Å². The van der Waals surface area contributed by atoms with Gasteiger partial charge in [-0.05, 0) is 42.0 Å². The number of likely N-dealkylation sites (N-methyl/N-ethyl adjacent to an activating group) is 1. The number of methoxy groups -OCH3 is 1. The molecule has 0 unspecified atom stereocenters. The molecule has 0 radical (unpaired) electrons. The Hall–Kier alpha value is -4.44. The number of hydrogen-bond donors (Lipinski definition) is 1. The lowest BCUT2D eigenvalue weighted by atomic mass is 10.1. The van der Waals surface area contributed by atoms with Crippen molar-refractivity contribution in [3.63, 3.8) is 0 Å². The summed E-state index contributed by atoms with van der Waals surface area (Å²) in [5.74, 6) is 3.30. The number of rotatable bonds is 7. The van der Waals surface area contributed by atoms with Crippen molar-refractivity contribution in [3.8, 4) is 18.1 Å². The third-order valence-corrected chi connectivity index (χ3v) is 5.41. The van der Waals surface area contributed by atoms with Gasteiger partial charge in [-0.15, -0.1) is 6.42 Å². The molecular formula is C27H23FN4O2. The zero-order valence-corrected chi connectivity index (χ0v) is 18.9. The van der Waals surface area contributed by atoms with Crippen LogP contribution in [0.15, 0.2) is 67.0 Å². The van der Waals surface area contributed by atoms with Gasteiger partial charge in [-0.1, -0.05) is 24.1 Å². The fourth-order valence-corrected chi connectivity index (χ4v) is 3.68. The summed E-state index contributed by atoms with van der Waals surface area (Å²) in [6.45, 7) is 0.300. The zero-order chi connectivity index (χ0) is 24.1. The van der Waals surface area contributed by atoms with E-state index in [4.69, 9.17) is 11.2 Å². The molecule has 1 amide bonds. The van der Waals surface area contributed by atoms with Crippen molar-refractivity contribution in [1.29, 1.82) is 0 Å². The van der Waals surface area contributed by atoms with Gasteiger partial charge in [-0.2, -0.15) is 0 Å². The number of aromatic nitrogens is 2. The monoisotopic (exact) mass is 454 g/mol. The van der Waals surface area contributed by atoms with Crippen LogP contribution < -0.4 is 10.1 Å². The summed E-state index contributed by atoms with van der Waals surface area (Å²) in [7, 11) is 3.24. The summed E-state index contributed by atoms with van der Waals surface area (Å²) in [6.07, 6.45) is 7.08. The van der Waals surface area contributed by atoms with Crippen LogP contribution in [0.1, 0.15) is 16.7 Å². The van der Waals surface area contributed by atoms with Gasteiger partial charge in [0.2, 0.25) is 5.91 Å². The number of terminal acetylenes is 1. The third kappa shape index (κ3) is 5.13. The predicted octanol–water partition coefficient (Wildman–Crippen LogP) is 4.70. The van der Waals surface area contributed by atoms with Gasteiger partial charge < -0.3 is 15.0 Å². The number of benzene rings is 3. The van der Waals surface area contributed by atoms with E-state index in [1.54, 1.807) is 37.3 Å². The lowest BCUT2D eigenvalue weighted by Crippen LogP contribution is -2.27. The number of anilines is 2. The number of nitrogens with one attached hydrogen (secondary N) is 1. The van der Waals surface area contributed by atoms with Crippen molar-refractivity contribution in [2.75, 3.05) is 19.5 Å². The molecule has 34 heavy (non-hydrogen) atoms. The van der Waals surface area contributed by atoms with Crippen LogP contribution in [0.4, 0.5) is 15.9 Å². The lowest BCUT2D eigenvalue weighted by molar-refractivity contribution is -0.129. The van der Waals surface area contributed by atoms with Crippen molar-refractivity contribution >= 4 is 28.3 Å². The smallest absolute Gasteiger partial charge is 0.227 e. The SMILES string of the molecule is C#Cc1cccc(Nc2ncnc3cc(OC)c(CC(=O)N(C)Cc4cccc(F)c4)cc23)c1. The molecule has 0 saturated heterocycles. The molecule has 0 aliphatic rings. The van der Waals surface area contributed by atoms with E-state index in [-0.39, 0.29) is 18.1 Å². The Morgan fingerprint density at radius 1 is 1.15 bits per heavy atom. The van der Waals surface area contributed by atoms with Gasteiger partial charge >= 0.3 is 0 Å². The molecule has 1 heterocycles. The third-order valence-electron chi connectivity index (χ3n) is 5.41. The van der Waals surface area contributed by atoms with E-state index in [0.29, 0.717) is 29.2 Å². The summed E-state index contributed by atoms with van der Waals surface area (Å²) in [5, 5.41) is 4.02. The quantitative estimate of drug-likeness (QED) is 0.410. The van der Waals surface area contributed by atoms with Gasteiger partial charge in [0.1, 0.15) is 23.7 Å². The topological polar surface area (TPSA) is 67.4 Å². The minimum Gasteiger partial charge on any atom is -0.496 e. The van der Waals surface area contributed by atoms with Crippen LogP contribution in [0.2, 0.25) is 0 Å². The van der Waals surface area contributed by atoms with Crippen molar-refractivity contribution in [2.45, 2.75) is 13.0 Å². The van der Waals surface area contributed by atoms with Crippen molar-refractivity contribution in [1.82, 2.24) is 14.9 Å². The van der Waals surface area contributed by atoms with Crippen LogP contribution in [0.25, 0.3) is 10.9 Å². The zero-order valence-electron chi connectivity index (χ0n) is 18.9. The number of ether oxygens (including phenoxy) is 1. The number of halogens is 1. The minimum atomic E-state index is -0.331. The molecule has 1 N–H and O–H groups in total. The van der Waals surface area contributed by atoms with E-state index < -0.39 is 0 Å². The summed E-state index contributed by atoms with van der Waals surface area (Å²) >= 11 is 0. The first-order valence-electron chi connectivity index (χ1n) is 10.6. The molecule has 4 rings (SSSR count). The summed E-state index contributed by atoms with van der Waals surface area (Å²) in [4.78, 5) is 23.3. The normalized spacial score (nSPS) is 10.5. The first kappa shape index (κ1) is 22.7. The number of nitrogens with zero attached hydrogens (tertiary/aromatic N) is 3. The largest absolute Gasteiger partial charge is 0.496 e. The summed E-state index contributed by atoms with van der Waals surface area (Å²) in [6, 6.07) is 17.3.